The number of carbonyl (C=O) groups is 1. The van der Waals surface area contributed by atoms with Gasteiger partial charge in [0.15, 0.2) is 0 Å². The summed E-state index contributed by atoms with van der Waals surface area (Å²) in [5.74, 6) is 0.735. The van der Waals surface area contributed by atoms with Crippen molar-refractivity contribution < 1.29 is 13.2 Å². The first-order valence-corrected chi connectivity index (χ1v) is 13.2. The number of carbonyl (C=O) groups excluding carboxylic acids is 1. The van der Waals surface area contributed by atoms with Crippen LogP contribution in [0.15, 0.2) is 47.4 Å². The summed E-state index contributed by atoms with van der Waals surface area (Å²) in [5.41, 5.74) is 3.48. The van der Waals surface area contributed by atoms with Gasteiger partial charge in [-0.05, 0) is 42.7 Å². The number of nitrogens with zero attached hydrogens (tertiary/aromatic N) is 3. The fourth-order valence-electron chi connectivity index (χ4n) is 4.09. The van der Waals surface area contributed by atoms with Crippen LogP contribution in [0, 0.1) is 0 Å². The number of para-hydroxylation sites is 1. The Bertz CT molecular complexity index is 1210. The maximum Gasteiger partial charge on any atom is 0.243 e. The molecular formula is C25H34N4O3S. The summed E-state index contributed by atoms with van der Waals surface area (Å²) in [7, 11) is -3.56. The molecule has 3 rings (SSSR count). The molecule has 0 aliphatic rings. The molecule has 1 N–H and O–H groups in total. The minimum atomic E-state index is -3.56. The van der Waals surface area contributed by atoms with Gasteiger partial charge in [0.25, 0.3) is 0 Å². The van der Waals surface area contributed by atoms with Crippen LogP contribution in [0.5, 0.6) is 0 Å². The molecule has 0 radical (unpaired) electrons. The zero-order valence-corrected chi connectivity index (χ0v) is 20.8. The van der Waals surface area contributed by atoms with Crippen molar-refractivity contribution in [2.45, 2.75) is 64.8 Å². The molecule has 2 aromatic carbocycles. The second kappa shape index (κ2) is 10.9. The van der Waals surface area contributed by atoms with Gasteiger partial charge in [-0.15, -0.1) is 0 Å². The van der Waals surface area contributed by atoms with Gasteiger partial charge in [0.05, 0.1) is 15.9 Å². The van der Waals surface area contributed by atoms with Gasteiger partial charge < -0.3 is 9.88 Å². The van der Waals surface area contributed by atoms with Crippen molar-refractivity contribution in [3.63, 3.8) is 0 Å². The highest BCUT2D eigenvalue weighted by Gasteiger charge is 2.23. The highest BCUT2D eigenvalue weighted by molar-refractivity contribution is 7.89. The molecule has 8 heteroatoms. The molecule has 3 aromatic rings. The molecule has 7 nitrogen and oxygen atoms in total. The zero-order chi connectivity index (χ0) is 24.0. The molecule has 1 aromatic heterocycles. The van der Waals surface area contributed by atoms with E-state index in [1.807, 2.05) is 44.2 Å². The number of aromatic nitrogens is 2. The van der Waals surface area contributed by atoms with Crippen LogP contribution in [0.1, 0.15) is 51.9 Å². The predicted octanol–water partition coefficient (Wildman–Crippen LogP) is 4.61. The average Bonchev–Trinajstić information content (AvgIpc) is 3.15. The number of benzene rings is 2. The molecule has 178 valence electrons. The van der Waals surface area contributed by atoms with Crippen LogP contribution in [-0.2, 0) is 34.2 Å². The average molecular weight is 471 g/mol. The number of sulfonamides is 1. The van der Waals surface area contributed by atoms with Gasteiger partial charge in [0.2, 0.25) is 15.9 Å². The molecule has 0 spiro atoms. The van der Waals surface area contributed by atoms with E-state index in [-0.39, 0.29) is 10.8 Å². The van der Waals surface area contributed by atoms with Gasteiger partial charge in [0, 0.05) is 38.2 Å². The highest BCUT2D eigenvalue weighted by atomic mass is 32.2. The van der Waals surface area contributed by atoms with Gasteiger partial charge in [-0.3, -0.25) is 4.79 Å². The van der Waals surface area contributed by atoms with Crippen LogP contribution in [0.3, 0.4) is 0 Å². The van der Waals surface area contributed by atoms with E-state index in [0.717, 1.165) is 42.0 Å². The number of amides is 1. The Kier molecular flexibility index (Phi) is 8.26. The summed E-state index contributed by atoms with van der Waals surface area (Å²) in [5, 5.41) is 3.01. The third-order valence-corrected chi connectivity index (χ3v) is 7.88. The van der Waals surface area contributed by atoms with E-state index in [9.17, 15) is 13.2 Å². The number of rotatable bonds is 11. The minimum absolute atomic E-state index is 0.0594. The quantitative estimate of drug-likeness (QED) is 0.443. The van der Waals surface area contributed by atoms with Crippen LogP contribution < -0.4 is 5.32 Å². The fourth-order valence-corrected chi connectivity index (χ4v) is 5.56. The summed E-state index contributed by atoms with van der Waals surface area (Å²) >= 11 is 0. The summed E-state index contributed by atoms with van der Waals surface area (Å²) in [4.78, 5) is 17.6. The van der Waals surface area contributed by atoms with E-state index in [0.29, 0.717) is 31.4 Å². The highest BCUT2D eigenvalue weighted by Crippen LogP contribution is 2.24. The first-order chi connectivity index (χ1) is 15.8. The second-order valence-corrected chi connectivity index (χ2v) is 9.92. The largest absolute Gasteiger partial charge is 0.328 e. The number of fused-ring (bicyclic) bond motifs is 1. The zero-order valence-electron chi connectivity index (χ0n) is 20.0. The lowest BCUT2D eigenvalue weighted by molar-refractivity contribution is -0.116. The number of hydrogen-bond acceptors (Lipinski definition) is 4. The molecule has 0 unspecified atom stereocenters. The molecule has 0 saturated carbocycles. The van der Waals surface area contributed by atoms with Crippen molar-refractivity contribution in [3.8, 4) is 0 Å². The number of imidazole rings is 1. The van der Waals surface area contributed by atoms with Crippen molar-refractivity contribution in [3.05, 3.63) is 53.9 Å². The molecule has 1 amide bonds. The lowest BCUT2D eigenvalue weighted by atomic mass is 10.1. The van der Waals surface area contributed by atoms with Crippen molar-refractivity contribution in [1.82, 2.24) is 13.9 Å². The molecule has 0 aliphatic carbocycles. The second-order valence-electron chi connectivity index (χ2n) is 7.98. The predicted molar refractivity (Wildman–Crippen MR) is 133 cm³/mol. The normalized spacial score (nSPS) is 11.9. The van der Waals surface area contributed by atoms with Gasteiger partial charge in [-0.2, -0.15) is 4.31 Å². The van der Waals surface area contributed by atoms with Crippen LogP contribution >= 0.6 is 0 Å². The van der Waals surface area contributed by atoms with Crippen LogP contribution in [0.4, 0.5) is 5.69 Å². The monoisotopic (exact) mass is 470 g/mol. The number of aryl methyl sites for hydroxylation is 3. The van der Waals surface area contributed by atoms with Gasteiger partial charge >= 0.3 is 0 Å². The number of hydrogen-bond donors (Lipinski definition) is 1. The van der Waals surface area contributed by atoms with E-state index < -0.39 is 10.0 Å². The molecule has 0 bridgehead atoms. The standard InChI is InChI=1S/C25H34N4O3S/c1-5-17-29-23-14-13-20(33(31,32)28(7-3)8-4)18-22(23)26-24(29)15-16-25(30)27-21-12-10-9-11-19(21)6-2/h9-14,18H,5-8,15-17H2,1-4H3,(H,27,30). The molecule has 0 saturated heterocycles. The van der Waals surface area contributed by atoms with Crippen molar-refractivity contribution in [2.75, 3.05) is 18.4 Å². The van der Waals surface area contributed by atoms with E-state index >= 15 is 0 Å². The van der Waals surface area contributed by atoms with Gasteiger partial charge in [-0.25, -0.2) is 13.4 Å². The van der Waals surface area contributed by atoms with Crippen LogP contribution in [0.2, 0.25) is 0 Å². The fraction of sp³-hybridized carbons (Fsp3) is 0.440. The lowest BCUT2D eigenvalue weighted by Crippen LogP contribution is -2.30. The lowest BCUT2D eigenvalue weighted by Gasteiger charge is -2.18. The topological polar surface area (TPSA) is 84.3 Å². The Hall–Kier alpha value is -2.71. The van der Waals surface area contributed by atoms with E-state index in [4.69, 9.17) is 4.98 Å². The van der Waals surface area contributed by atoms with E-state index in [1.165, 1.54) is 4.31 Å². The van der Waals surface area contributed by atoms with Crippen molar-refractivity contribution in [1.29, 1.82) is 0 Å². The van der Waals surface area contributed by atoms with Crippen molar-refractivity contribution in [2.24, 2.45) is 0 Å². The molecule has 1 heterocycles. The van der Waals surface area contributed by atoms with E-state index in [1.54, 1.807) is 12.1 Å². The molecule has 0 atom stereocenters. The van der Waals surface area contributed by atoms with Crippen LogP contribution in [0.25, 0.3) is 11.0 Å². The maximum atomic E-state index is 12.9. The number of anilines is 1. The first kappa shape index (κ1) is 24.9. The Morgan fingerprint density at radius 3 is 2.45 bits per heavy atom. The molecule has 0 aliphatic heterocycles. The molecule has 0 fully saturated rings. The Labute approximate surface area is 196 Å². The van der Waals surface area contributed by atoms with Crippen molar-refractivity contribution >= 4 is 32.7 Å². The Morgan fingerprint density at radius 2 is 1.79 bits per heavy atom. The Morgan fingerprint density at radius 1 is 1.06 bits per heavy atom. The SMILES string of the molecule is CCCn1c(CCC(=O)Nc2ccccc2CC)nc2cc(S(=O)(=O)N(CC)CC)ccc21. The number of nitrogens with one attached hydrogen (secondary N) is 1. The third-order valence-electron chi connectivity index (χ3n) is 5.84. The van der Waals surface area contributed by atoms with Gasteiger partial charge in [-0.1, -0.05) is 45.9 Å². The summed E-state index contributed by atoms with van der Waals surface area (Å²) in [6, 6.07) is 12.9. The smallest absolute Gasteiger partial charge is 0.243 e. The maximum absolute atomic E-state index is 12.9. The minimum Gasteiger partial charge on any atom is -0.328 e. The molecule has 33 heavy (non-hydrogen) atoms. The first-order valence-electron chi connectivity index (χ1n) is 11.7. The van der Waals surface area contributed by atoms with Crippen LogP contribution in [-0.4, -0.2) is 41.3 Å². The van der Waals surface area contributed by atoms with Gasteiger partial charge in [0.1, 0.15) is 5.82 Å². The third kappa shape index (κ3) is 5.45. The molecular weight excluding hydrogens is 436 g/mol. The summed E-state index contributed by atoms with van der Waals surface area (Å²) in [6.45, 7) is 9.41. The summed E-state index contributed by atoms with van der Waals surface area (Å²) < 4.78 is 29.4. The Balaban J connectivity index is 1.85. The summed E-state index contributed by atoms with van der Waals surface area (Å²) in [6.07, 6.45) is 2.54. The van der Waals surface area contributed by atoms with E-state index in [2.05, 4.69) is 23.7 Å².